The number of nitrogens with one attached hydrogen (secondary N) is 1. The van der Waals surface area contributed by atoms with Crippen molar-refractivity contribution < 1.29 is 52.0 Å². The highest BCUT2D eigenvalue weighted by atomic mass is 31.3. The molecular weight excluding hydrogens is 584 g/mol. The number of carbonyl (C=O) groups excluding carboxylic acids is 1. The predicted molar refractivity (Wildman–Crippen MR) is 144 cm³/mol. The molecule has 1 fully saturated rings. The van der Waals surface area contributed by atoms with E-state index in [1.54, 1.807) is 0 Å². The molecule has 1 amide bonds. The van der Waals surface area contributed by atoms with Gasteiger partial charge in [0.25, 0.3) is 0 Å². The van der Waals surface area contributed by atoms with Gasteiger partial charge in [-0.3, -0.25) is 18.4 Å². The van der Waals surface area contributed by atoms with Crippen LogP contribution in [0.3, 0.4) is 0 Å². The number of aromatic nitrogens is 2. The fourth-order valence-electron chi connectivity index (χ4n) is 4.19. The van der Waals surface area contributed by atoms with Crippen molar-refractivity contribution in [2.24, 2.45) is 0 Å². The minimum atomic E-state index is -5.16. The first kappa shape index (κ1) is 31.1. The Hall–Kier alpha value is -2.81. The molecule has 5 N–H and O–H groups in total. The van der Waals surface area contributed by atoms with Crippen LogP contribution in [0.25, 0.3) is 10.8 Å². The molecule has 4 rings (SSSR count). The number of rotatable bonds is 11. The second-order valence-corrected chi connectivity index (χ2v) is 12.4. The zero-order chi connectivity index (χ0) is 29.9. The standard InChI is InChI=1S/C24H29N3O12P2/c1-14(2)38-41(34,35)39-40(32,33)36-13-18-21(29)22(30)23(37-18)27-11-10-19(26-24(27)31)25-20(28)12-16-8-5-7-15-6-3-4-9-17(15)16/h3-11,14,18,21-23,29-30H,12-13H2,1-2H3,(H,32,33)(H,34,35)(H,25,26,28,31)/t18-,21?,22+,23-/m1/s1. The van der Waals surface area contributed by atoms with Crippen LogP contribution >= 0.6 is 15.6 Å². The summed E-state index contributed by atoms with van der Waals surface area (Å²) in [5.41, 5.74) is -0.153. The molecule has 1 aliphatic heterocycles. The van der Waals surface area contributed by atoms with Crippen molar-refractivity contribution in [3.63, 3.8) is 0 Å². The van der Waals surface area contributed by atoms with Gasteiger partial charge in [-0.2, -0.15) is 9.29 Å². The summed E-state index contributed by atoms with van der Waals surface area (Å²) in [6.45, 7) is 1.92. The van der Waals surface area contributed by atoms with Gasteiger partial charge < -0.3 is 30.1 Å². The van der Waals surface area contributed by atoms with Gasteiger partial charge in [0, 0.05) is 6.20 Å². The van der Waals surface area contributed by atoms with Crippen LogP contribution in [0.15, 0.2) is 59.5 Å². The molecule has 1 aromatic heterocycles. The van der Waals surface area contributed by atoms with Gasteiger partial charge >= 0.3 is 21.3 Å². The third-order valence-electron chi connectivity index (χ3n) is 5.89. The van der Waals surface area contributed by atoms with Crippen molar-refractivity contribution >= 4 is 38.1 Å². The smallest absolute Gasteiger partial charge is 0.387 e. The number of benzene rings is 2. The first-order valence-corrected chi connectivity index (χ1v) is 15.3. The Morgan fingerprint density at radius 1 is 1.07 bits per heavy atom. The lowest BCUT2D eigenvalue weighted by Gasteiger charge is -2.20. The van der Waals surface area contributed by atoms with Gasteiger partial charge in [0.2, 0.25) is 5.91 Å². The molecule has 3 unspecified atom stereocenters. The van der Waals surface area contributed by atoms with E-state index in [1.807, 2.05) is 42.5 Å². The second-order valence-electron chi connectivity index (χ2n) is 9.38. The summed E-state index contributed by atoms with van der Waals surface area (Å²) in [5, 5.41) is 25.2. The number of fused-ring (bicyclic) bond motifs is 1. The average Bonchev–Trinajstić information content (AvgIpc) is 3.15. The van der Waals surface area contributed by atoms with Crippen LogP contribution in [-0.2, 0) is 38.4 Å². The molecule has 2 heterocycles. The maximum absolute atomic E-state index is 12.7. The van der Waals surface area contributed by atoms with Crippen LogP contribution in [0, 0.1) is 0 Å². The maximum atomic E-state index is 12.7. The minimum Gasteiger partial charge on any atom is -0.387 e. The van der Waals surface area contributed by atoms with Crippen LogP contribution < -0.4 is 11.0 Å². The molecule has 6 atom stereocenters. The number of aliphatic hydroxyl groups is 2. The molecule has 1 saturated heterocycles. The van der Waals surface area contributed by atoms with Gasteiger partial charge in [-0.1, -0.05) is 42.5 Å². The van der Waals surface area contributed by atoms with E-state index in [1.165, 1.54) is 26.1 Å². The van der Waals surface area contributed by atoms with Crippen molar-refractivity contribution in [2.45, 2.75) is 50.9 Å². The summed E-state index contributed by atoms with van der Waals surface area (Å²) >= 11 is 0. The van der Waals surface area contributed by atoms with E-state index < -0.39 is 64.5 Å². The highest BCUT2D eigenvalue weighted by Crippen LogP contribution is 2.61. The molecular formula is C24H29N3O12P2. The minimum absolute atomic E-state index is 0.0260. The van der Waals surface area contributed by atoms with Gasteiger partial charge in [-0.25, -0.2) is 13.9 Å². The highest BCUT2D eigenvalue weighted by molar-refractivity contribution is 7.61. The van der Waals surface area contributed by atoms with Crippen molar-refractivity contribution in [1.82, 2.24) is 9.55 Å². The molecule has 0 aliphatic carbocycles. The monoisotopic (exact) mass is 613 g/mol. The summed E-state index contributed by atoms with van der Waals surface area (Å²) in [6.07, 6.45) is -5.92. The van der Waals surface area contributed by atoms with Crippen molar-refractivity contribution in [1.29, 1.82) is 0 Å². The van der Waals surface area contributed by atoms with Crippen LogP contribution in [0.2, 0.25) is 0 Å². The Morgan fingerprint density at radius 3 is 2.49 bits per heavy atom. The Kier molecular flexibility index (Phi) is 9.56. The SMILES string of the molecule is CC(C)OP(=O)(O)OP(=O)(O)OC[C@H]1O[C@@H](n2ccc(NC(=O)Cc3cccc4ccccc34)nc2=O)[C@@H](O)C1O. The van der Waals surface area contributed by atoms with Crippen molar-refractivity contribution in [3.05, 3.63) is 70.8 Å². The number of nitrogens with zero attached hydrogens (tertiary/aromatic N) is 2. The summed E-state index contributed by atoms with van der Waals surface area (Å²) in [7, 11) is -10.1. The van der Waals surface area contributed by atoms with Gasteiger partial charge in [-0.15, -0.1) is 0 Å². The third-order valence-corrected chi connectivity index (χ3v) is 8.71. The summed E-state index contributed by atoms with van der Waals surface area (Å²) in [4.78, 5) is 48.4. The highest BCUT2D eigenvalue weighted by Gasteiger charge is 2.46. The van der Waals surface area contributed by atoms with Gasteiger partial charge in [0.1, 0.15) is 24.1 Å². The normalized spacial score (nSPS) is 23.8. The first-order chi connectivity index (χ1) is 19.2. The molecule has 0 bridgehead atoms. The fourth-order valence-corrected chi connectivity index (χ4v) is 6.44. The predicted octanol–water partition coefficient (Wildman–Crippen LogP) is 1.86. The summed E-state index contributed by atoms with van der Waals surface area (Å²) in [5.74, 6) is -0.475. The Morgan fingerprint density at radius 2 is 1.78 bits per heavy atom. The zero-order valence-corrected chi connectivity index (χ0v) is 23.6. The van der Waals surface area contributed by atoms with Crippen LogP contribution in [-0.4, -0.2) is 66.5 Å². The molecule has 222 valence electrons. The van der Waals surface area contributed by atoms with E-state index in [-0.39, 0.29) is 12.2 Å². The average molecular weight is 613 g/mol. The lowest BCUT2D eigenvalue weighted by molar-refractivity contribution is -0.115. The quantitative estimate of drug-likeness (QED) is 0.195. The number of hydrogen-bond acceptors (Lipinski definition) is 11. The van der Waals surface area contributed by atoms with Gasteiger partial charge in [0.15, 0.2) is 6.23 Å². The van der Waals surface area contributed by atoms with E-state index >= 15 is 0 Å². The number of hydrogen-bond donors (Lipinski definition) is 5. The van der Waals surface area contributed by atoms with Gasteiger partial charge in [-0.05, 0) is 36.2 Å². The first-order valence-electron chi connectivity index (χ1n) is 12.3. The number of anilines is 1. The number of phosphoric acid groups is 2. The summed E-state index contributed by atoms with van der Waals surface area (Å²) in [6, 6.07) is 14.5. The van der Waals surface area contributed by atoms with Crippen LogP contribution in [0.1, 0.15) is 25.6 Å². The van der Waals surface area contributed by atoms with E-state index in [0.29, 0.717) is 0 Å². The molecule has 41 heavy (non-hydrogen) atoms. The molecule has 0 radical (unpaired) electrons. The number of ether oxygens (including phenoxy) is 1. The molecule has 17 heteroatoms. The third kappa shape index (κ3) is 7.93. The maximum Gasteiger partial charge on any atom is 0.481 e. The second kappa shape index (κ2) is 12.6. The molecule has 15 nitrogen and oxygen atoms in total. The topological polar surface area (TPSA) is 216 Å². The van der Waals surface area contributed by atoms with E-state index in [9.17, 15) is 38.7 Å². The zero-order valence-electron chi connectivity index (χ0n) is 21.8. The fraction of sp³-hybridized carbons (Fsp3) is 0.375. The number of carbonyl (C=O) groups is 1. The van der Waals surface area contributed by atoms with E-state index in [0.717, 1.165) is 20.9 Å². The number of aliphatic hydroxyl groups excluding tert-OH is 2. The lowest BCUT2D eigenvalue weighted by Crippen LogP contribution is -2.36. The van der Waals surface area contributed by atoms with Crippen LogP contribution in [0.4, 0.5) is 5.82 Å². The molecule has 0 saturated carbocycles. The molecule has 3 aromatic rings. The number of amides is 1. The van der Waals surface area contributed by atoms with E-state index in [2.05, 4.69) is 23.7 Å². The van der Waals surface area contributed by atoms with Crippen LogP contribution in [0.5, 0.6) is 0 Å². The Bertz CT molecular complexity index is 1560. The van der Waals surface area contributed by atoms with E-state index in [4.69, 9.17) is 4.74 Å². The number of phosphoric ester groups is 2. The Balaban J connectivity index is 1.38. The molecule has 0 spiro atoms. The summed E-state index contributed by atoms with van der Waals surface area (Å²) < 4.78 is 43.5. The van der Waals surface area contributed by atoms with Gasteiger partial charge in [0.05, 0.1) is 19.1 Å². The Labute approximate surface area is 233 Å². The molecule has 1 aliphatic rings. The lowest BCUT2D eigenvalue weighted by atomic mass is 10.0. The largest absolute Gasteiger partial charge is 0.481 e. The van der Waals surface area contributed by atoms with Crippen molar-refractivity contribution in [3.8, 4) is 0 Å². The van der Waals surface area contributed by atoms with Crippen molar-refractivity contribution in [2.75, 3.05) is 11.9 Å². The molecule has 2 aromatic carbocycles.